The van der Waals surface area contributed by atoms with E-state index in [1.54, 1.807) is 0 Å². The first kappa shape index (κ1) is 24.4. The molecule has 1 fully saturated rings. The molecule has 1 saturated heterocycles. The highest BCUT2D eigenvalue weighted by atomic mass is 35.5. The Morgan fingerprint density at radius 1 is 1.18 bits per heavy atom. The van der Waals surface area contributed by atoms with Crippen LogP contribution in [-0.4, -0.2) is 76.2 Å². The van der Waals surface area contributed by atoms with Crippen molar-refractivity contribution in [1.29, 1.82) is 0 Å². The van der Waals surface area contributed by atoms with Crippen LogP contribution >= 0.6 is 11.6 Å². The summed E-state index contributed by atoms with van der Waals surface area (Å²) in [5.74, 6) is -2.80. The molecule has 0 amide bonds. The van der Waals surface area contributed by atoms with Gasteiger partial charge in [0, 0.05) is 31.8 Å². The van der Waals surface area contributed by atoms with E-state index in [0.717, 1.165) is 43.0 Å². The van der Waals surface area contributed by atoms with Crippen molar-refractivity contribution < 1.29 is 31.4 Å². The van der Waals surface area contributed by atoms with Gasteiger partial charge in [0.15, 0.2) is 0 Å². The molecule has 0 unspecified atom stereocenters. The fourth-order valence-electron chi connectivity index (χ4n) is 3.45. The fourth-order valence-corrected chi connectivity index (χ4v) is 3.71. The van der Waals surface area contributed by atoms with Crippen LogP contribution < -0.4 is 10.1 Å². The minimum atomic E-state index is -4.66. The summed E-state index contributed by atoms with van der Waals surface area (Å²) < 4.78 is 81.5. The van der Waals surface area contributed by atoms with Gasteiger partial charge in [0.05, 0.1) is 24.3 Å². The molecular weight excluding hydrogens is 487 g/mol. The van der Waals surface area contributed by atoms with Crippen LogP contribution in [-0.2, 0) is 4.74 Å². The van der Waals surface area contributed by atoms with Crippen LogP contribution in [0, 0.1) is 11.6 Å². The van der Waals surface area contributed by atoms with E-state index in [0.29, 0.717) is 19.8 Å². The number of hydrogen-bond acceptors (Lipinski definition) is 7. The van der Waals surface area contributed by atoms with Crippen molar-refractivity contribution in [3.05, 3.63) is 35.2 Å². The lowest BCUT2D eigenvalue weighted by molar-refractivity contribution is -0.138. The third-order valence-corrected chi connectivity index (χ3v) is 5.55. The highest BCUT2D eigenvalue weighted by molar-refractivity contribution is 6.33. The van der Waals surface area contributed by atoms with Gasteiger partial charge in [0.25, 0.3) is 5.78 Å². The lowest BCUT2D eigenvalue weighted by Gasteiger charge is -2.26. The van der Waals surface area contributed by atoms with Crippen LogP contribution in [0.15, 0.2) is 18.5 Å². The van der Waals surface area contributed by atoms with E-state index in [9.17, 15) is 13.2 Å². The Bertz CT molecular complexity index is 1150. The van der Waals surface area contributed by atoms with Crippen LogP contribution in [0.5, 0.6) is 5.75 Å². The zero-order valence-electron chi connectivity index (χ0n) is 17.9. The first-order valence-electron chi connectivity index (χ1n) is 10.3. The standard InChI is InChI=1S/C20H20ClF5N6O2/c1-11(20(24,25)26)29-18-16(17(21)30-19-27-10-28-32(18)19)15-13(22)8-12(9-14(15)23)34-7-4-31-2-5-33-6-3-31/h8-11,29H,2-7H2,1H3/t11-/m1/s1. The van der Waals surface area contributed by atoms with E-state index in [2.05, 4.69) is 25.3 Å². The van der Waals surface area contributed by atoms with Gasteiger partial charge in [-0.2, -0.15) is 32.8 Å². The molecule has 14 heteroatoms. The molecule has 0 saturated carbocycles. The molecule has 1 aromatic carbocycles. The summed E-state index contributed by atoms with van der Waals surface area (Å²) in [5, 5.41) is 5.56. The maximum atomic E-state index is 15.1. The molecule has 0 aliphatic carbocycles. The Balaban J connectivity index is 1.66. The summed E-state index contributed by atoms with van der Waals surface area (Å²) in [4.78, 5) is 9.78. The number of alkyl halides is 3. The zero-order valence-corrected chi connectivity index (χ0v) is 18.6. The van der Waals surface area contributed by atoms with Crippen LogP contribution in [0.2, 0.25) is 5.15 Å². The predicted molar refractivity (Wildman–Crippen MR) is 113 cm³/mol. The number of rotatable bonds is 7. The van der Waals surface area contributed by atoms with Crippen LogP contribution in [0.4, 0.5) is 27.8 Å². The van der Waals surface area contributed by atoms with Crippen molar-refractivity contribution >= 4 is 23.2 Å². The maximum Gasteiger partial charge on any atom is 0.408 e. The molecule has 8 nitrogen and oxygen atoms in total. The van der Waals surface area contributed by atoms with Gasteiger partial charge in [0.2, 0.25) is 0 Å². The lowest BCUT2D eigenvalue weighted by atomic mass is 10.1. The van der Waals surface area contributed by atoms with E-state index in [4.69, 9.17) is 21.1 Å². The number of halogens is 6. The molecule has 2 aromatic heterocycles. The Hall–Kier alpha value is -2.77. The smallest absolute Gasteiger partial charge is 0.408 e. The Morgan fingerprint density at radius 3 is 2.50 bits per heavy atom. The van der Waals surface area contributed by atoms with Gasteiger partial charge in [-0.3, -0.25) is 4.90 Å². The van der Waals surface area contributed by atoms with Gasteiger partial charge in [-0.25, -0.2) is 8.78 Å². The van der Waals surface area contributed by atoms with Crippen LogP contribution in [0.1, 0.15) is 6.92 Å². The second-order valence-corrected chi connectivity index (χ2v) is 7.93. The minimum absolute atomic E-state index is 0.0731. The summed E-state index contributed by atoms with van der Waals surface area (Å²) in [6.07, 6.45) is -3.63. The quantitative estimate of drug-likeness (QED) is 0.386. The largest absolute Gasteiger partial charge is 0.492 e. The van der Waals surface area contributed by atoms with E-state index < -0.39 is 46.0 Å². The average Bonchev–Trinajstić information content (AvgIpc) is 3.23. The van der Waals surface area contributed by atoms with Gasteiger partial charge in [-0.05, 0) is 6.92 Å². The highest BCUT2D eigenvalue weighted by Crippen LogP contribution is 2.39. The molecule has 3 heterocycles. The summed E-state index contributed by atoms with van der Waals surface area (Å²) >= 11 is 6.16. The predicted octanol–water partition coefficient (Wildman–Crippen LogP) is 3.80. The van der Waals surface area contributed by atoms with E-state index >= 15 is 8.78 Å². The number of fused-ring (bicyclic) bond motifs is 1. The Labute approximate surface area is 195 Å². The SMILES string of the molecule is C[C@@H](Nc1c(-c2c(F)cc(OCCN3CCOCC3)cc2F)c(Cl)nc2ncnn12)C(F)(F)F. The molecule has 1 atom stereocenters. The molecule has 3 aromatic rings. The number of morpholine rings is 1. The molecule has 1 aliphatic heterocycles. The van der Waals surface area contributed by atoms with Crippen LogP contribution in [0.3, 0.4) is 0 Å². The lowest BCUT2D eigenvalue weighted by Crippen LogP contribution is -2.38. The zero-order chi connectivity index (χ0) is 24.5. The molecule has 0 radical (unpaired) electrons. The second kappa shape index (κ2) is 9.84. The van der Waals surface area contributed by atoms with Gasteiger partial charge in [0.1, 0.15) is 47.3 Å². The minimum Gasteiger partial charge on any atom is -0.492 e. The molecule has 1 N–H and O–H groups in total. The van der Waals surface area contributed by atoms with Crippen LogP contribution in [0.25, 0.3) is 16.9 Å². The van der Waals surface area contributed by atoms with Crippen molar-refractivity contribution in [1.82, 2.24) is 24.5 Å². The van der Waals surface area contributed by atoms with Gasteiger partial charge in [-0.15, -0.1) is 0 Å². The van der Waals surface area contributed by atoms with Crippen molar-refractivity contribution in [3.63, 3.8) is 0 Å². The molecule has 34 heavy (non-hydrogen) atoms. The normalized spacial score (nSPS) is 16.1. The van der Waals surface area contributed by atoms with E-state index in [-0.39, 0.29) is 18.1 Å². The second-order valence-electron chi connectivity index (χ2n) is 7.57. The molecule has 0 spiro atoms. The molecular formula is C20H20ClF5N6O2. The van der Waals surface area contributed by atoms with Crippen molar-refractivity contribution in [2.45, 2.75) is 19.1 Å². The van der Waals surface area contributed by atoms with Gasteiger partial charge < -0.3 is 14.8 Å². The number of hydrogen-bond donors (Lipinski definition) is 1. The number of nitrogens with one attached hydrogen (secondary N) is 1. The summed E-state index contributed by atoms with van der Waals surface area (Å²) in [6, 6.07) is -0.210. The first-order valence-corrected chi connectivity index (χ1v) is 10.7. The van der Waals surface area contributed by atoms with Crippen molar-refractivity contribution in [3.8, 4) is 16.9 Å². The van der Waals surface area contributed by atoms with E-state index in [1.165, 1.54) is 0 Å². The van der Waals surface area contributed by atoms with E-state index in [1.807, 2.05) is 0 Å². The maximum absolute atomic E-state index is 15.1. The van der Waals surface area contributed by atoms with Gasteiger partial charge in [-0.1, -0.05) is 11.6 Å². The highest BCUT2D eigenvalue weighted by Gasteiger charge is 2.37. The monoisotopic (exact) mass is 506 g/mol. The number of nitrogens with zero attached hydrogens (tertiary/aromatic N) is 5. The summed E-state index contributed by atoms with van der Waals surface area (Å²) in [5.41, 5.74) is -1.10. The number of benzene rings is 1. The van der Waals surface area contributed by atoms with Crippen molar-refractivity contribution in [2.75, 3.05) is 44.8 Å². The third kappa shape index (κ3) is 5.15. The molecule has 0 bridgehead atoms. The average molecular weight is 507 g/mol. The fraction of sp³-hybridized carbons (Fsp3) is 0.450. The Morgan fingerprint density at radius 2 is 1.85 bits per heavy atom. The first-order chi connectivity index (χ1) is 16.1. The topological polar surface area (TPSA) is 76.8 Å². The number of aromatic nitrogens is 4. The molecule has 4 rings (SSSR count). The van der Waals surface area contributed by atoms with Crippen molar-refractivity contribution in [2.24, 2.45) is 0 Å². The summed E-state index contributed by atoms with van der Waals surface area (Å²) in [6.45, 7) is 4.23. The third-order valence-electron chi connectivity index (χ3n) is 5.27. The number of anilines is 1. The number of ether oxygens (including phenoxy) is 2. The van der Waals surface area contributed by atoms with Gasteiger partial charge >= 0.3 is 6.18 Å². The summed E-state index contributed by atoms with van der Waals surface area (Å²) in [7, 11) is 0. The molecule has 184 valence electrons. The molecule has 1 aliphatic rings. The Kier molecular flexibility index (Phi) is 7.05.